The van der Waals surface area contributed by atoms with E-state index in [9.17, 15) is 23.6 Å². The molecule has 69 heavy (non-hydrogen) atoms. The highest BCUT2D eigenvalue weighted by atomic mass is 19.1. The lowest BCUT2D eigenvalue weighted by molar-refractivity contribution is -0.139. The zero-order chi connectivity index (χ0) is 49.9. The van der Waals surface area contributed by atoms with Crippen molar-refractivity contribution in [2.75, 3.05) is 13.2 Å². The summed E-state index contributed by atoms with van der Waals surface area (Å²) in [6.45, 7) is 21.5. The molecule has 0 heterocycles. The molecular formula is C60H59FO8. The minimum Gasteiger partial charge on any atom is -0.462 e. The number of carbonyl (C=O) groups is 4. The summed E-state index contributed by atoms with van der Waals surface area (Å²) in [6.07, 6.45) is 5.39. The molecule has 6 aromatic carbocycles. The summed E-state index contributed by atoms with van der Waals surface area (Å²) in [5.74, 6) is -1.31. The predicted molar refractivity (Wildman–Crippen MR) is 271 cm³/mol. The maximum Gasteiger partial charge on any atom is 0.338 e. The van der Waals surface area contributed by atoms with Crippen molar-refractivity contribution in [3.8, 4) is 33.8 Å². The van der Waals surface area contributed by atoms with E-state index in [0.29, 0.717) is 76.5 Å². The van der Waals surface area contributed by atoms with E-state index in [-0.39, 0.29) is 17.8 Å². The molecule has 9 heteroatoms. The summed E-state index contributed by atoms with van der Waals surface area (Å²) in [4.78, 5) is 46.1. The molecule has 0 saturated heterocycles. The molecule has 0 spiro atoms. The van der Waals surface area contributed by atoms with Gasteiger partial charge in [-0.25, -0.2) is 23.6 Å². The smallest absolute Gasteiger partial charge is 0.338 e. The van der Waals surface area contributed by atoms with Gasteiger partial charge in [0, 0.05) is 40.7 Å². The van der Waals surface area contributed by atoms with E-state index in [4.69, 9.17) is 18.9 Å². The van der Waals surface area contributed by atoms with Crippen LogP contribution in [-0.2, 0) is 67.2 Å². The third kappa shape index (κ3) is 17.0. The average molecular weight is 927 g/mol. The van der Waals surface area contributed by atoms with Crippen molar-refractivity contribution in [3.63, 3.8) is 0 Å². The SMILES string of the molecule is C=C(C)C(=O)OCCc1ccc(CCc2ccc(CCc3ccc(CCOC(=O)C(=C)C)cc3)cc2)cc1.C=C(C)C(=O)Oc1ccc(-c2ccc(-c3ccc(OC(=O)C(=C)C)cc3)c(F)c2)cc1. The van der Waals surface area contributed by atoms with Gasteiger partial charge in [0.05, 0.1) is 13.2 Å². The molecule has 0 aliphatic rings. The van der Waals surface area contributed by atoms with Crippen molar-refractivity contribution >= 4 is 23.9 Å². The number of esters is 4. The van der Waals surface area contributed by atoms with Crippen LogP contribution in [0.2, 0.25) is 0 Å². The molecule has 6 aromatic rings. The molecule has 0 N–H and O–H groups in total. The Morgan fingerprint density at radius 3 is 0.971 bits per heavy atom. The highest BCUT2D eigenvalue weighted by Gasteiger charge is 2.12. The molecule has 6 rings (SSSR count). The van der Waals surface area contributed by atoms with Gasteiger partial charge in [-0.2, -0.15) is 0 Å². The molecule has 0 bridgehead atoms. The Morgan fingerprint density at radius 2 is 0.667 bits per heavy atom. The van der Waals surface area contributed by atoms with Gasteiger partial charge in [-0.15, -0.1) is 0 Å². The van der Waals surface area contributed by atoms with E-state index < -0.39 is 11.9 Å². The zero-order valence-electron chi connectivity index (χ0n) is 39.9. The fraction of sp³-hybridized carbons (Fsp3) is 0.200. The Morgan fingerprint density at radius 1 is 0.377 bits per heavy atom. The van der Waals surface area contributed by atoms with Crippen molar-refractivity contribution in [2.24, 2.45) is 0 Å². The van der Waals surface area contributed by atoms with Crippen LogP contribution < -0.4 is 9.47 Å². The highest BCUT2D eigenvalue weighted by Crippen LogP contribution is 2.30. The van der Waals surface area contributed by atoms with Crippen molar-refractivity contribution in [1.29, 1.82) is 0 Å². The number of rotatable bonds is 20. The van der Waals surface area contributed by atoms with Crippen LogP contribution in [0.25, 0.3) is 22.3 Å². The monoisotopic (exact) mass is 926 g/mol. The third-order valence-corrected chi connectivity index (χ3v) is 10.9. The van der Waals surface area contributed by atoms with Gasteiger partial charge in [0.15, 0.2) is 0 Å². The van der Waals surface area contributed by atoms with Crippen LogP contribution >= 0.6 is 0 Å². The van der Waals surface area contributed by atoms with Crippen LogP contribution in [-0.4, -0.2) is 37.1 Å². The number of aryl methyl sites for hydroxylation is 4. The van der Waals surface area contributed by atoms with Crippen molar-refractivity contribution in [3.05, 3.63) is 227 Å². The number of halogens is 1. The largest absolute Gasteiger partial charge is 0.462 e. The molecule has 0 saturated carbocycles. The molecule has 0 aliphatic carbocycles. The third-order valence-electron chi connectivity index (χ3n) is 10.9. The first-order valence-electron chi connectivity index (χ1n) is 22.7. The maximum absolute atomic E-state index is 14.8. The first-order valence-corrected chi connectivity index (χ1v) is 22.7. The summed E-state index contributed by atoms with van der Waals surface area (Å²) in [6, 6.07) is 44.3. The lowest BCUT2D eigenvalue weighted by Crippen LogP contribution is -2.08. The standard InChI is InChI=1S/C34H38O4.C26H21FO4/c1-25(2)33(35)37-23-21-31-17-13-29(14-18-31)11-9-27-5-7-28(8-6-27)10-12-30-15-19-32(20-16-30)22-24-38-34(36)26(3)4;1-16(2)25(28)30-21-10-5-18(6-11-21)20-9-14-23(24(27)15-20)19-7-12-22(13-8-19)31-26(29)17(3)4/h5-8,13-20H,1,3,9-12,21-24H2,2,4H3;5-15H,1,3H2,2,4H3. The molecule has 0 fully saturated rings. The normalized spacial score (nSPS) is 10.4. The zero-order valence-corrected chi connectivity index (χ0v) is 39.9. The molecule has 0 aromatic heterocycles. The van der Waals surface area contributed by atoms with Gasteiger partial charge in [0.25, 0.3) is 0 Å². The van der Waals surface area contributed by atoms with Gasteiger partial charge < -0.3 is 18.9 Å². The molecule has 0 amide bonds. The summed E-state index contributed by atoms with van der Waals surface area (Å²) < 4.78 is 35.5. The summed E-state index contributed by atoms with van der Waals surface area (Å²) in [5.41, 5.74) is 11.6. The fourth-order valence-corrected chi connectivity index (χ4v) is 6.70. The average Bonchev–Trinajstić information content (AvgIpc) is 3.34. The Balaban J connectivity index is 0.000000263. The van der Waals surface area contributed by atoms with E-state index in [2.05, 4.69) is 99.1 Å². The Hall–Kier alpha value is -7.91. The first kappa shape index (κ1) is 52.1. The van der Waals surface area contributed by atoms with Gasteiger partial charge in [0.2, 0.25) is 0 Å². The number of carbonyl (C=O) groups excluding carboxylic acids is 4. The van der Waals surface area contributed by atoms with Crippen LogP contribution in [0.15, 0.2) is 188 Å². The lowest BCUT2D eigenvalue weighted by Gasteiger charge is -2.09. The summed E-state index contributed by atoms with van der Waals surface area (Å²) in [5, 5.41) is 0. The Labute approximate surface area is 405 Å². The van der Waals surface area contributed by atoms with Crippen LogP contribution in [0.3, 0.4) is 0 Å². The minimum absolute atomic E-state index is 0.299. The number of hydrogen-bond acceptors (Lipinski definition) is 8. The summed E-state index contributed by atoms with van der Waals surface area (Å²) in [7, 11) is 0. The lowest BCUT2D eigenvalue weighted by atomic mass is 9.99. The second kappa shape index (κ2) is 25.9. The Kier molecular flexibility index (Phi) is 19.5. The van der Waals surface area contributed by atoms with E-state index in [1.807, 2.05) is 6.07 Å². The minimum atomic E-state index is -0.510. The summed E-state index contributed by atoms with van der Waals surface area (Å²) >= 11 is 0. The number of benzene rings is 6. The quantitative estimate of drug-likeness (QED) is 0.0423. The fourth-order valence-electron chi connectivity index (χ4n) is 6.70. The van der Waals surface area contributed by atoms with Gasteiger partial charge in [0.1, 0.15) is 17.3 Å². The van der Waals surface area contributed by atoms with E-state index in [1.165, 1.54) is 28.3 Å². The van der Waals surface area contributed by atoms with Crippen LogP contribution in [0.1, 0.15) is 61.1 Å². The number of hydrogen-bond donors (Lipinski definition) is 0. The second-order valence-corrected chi connectivity index (χ2v) is 16.9. The van der Waals surface area contributed by atoms with Gasteiger partial charge in [-0.05, 0) is 134 Å². The van der Waals surface area contributed by atoms with E-state index in [1.54, 1.807) is 82.3 Å². The van der Waals surface area contributed by atoms with Crippen molar-refractivity contribution < 1.29 is 42.5 Å². The Bertz CT molecular complexity index is 2670. The molecule has 0 aliphatic heterocycles. The van der Waals surface area contributed by atoms with Gasteiger partial charge in [-0.3, -0.25) is 0 Å². The molecule has 0 radical (unpaired) electrons. The highest BCUT2D eigenvalue weighted by molar-refractivity contribution is 5.89. The van der Waals surface area contributed by atoms with Crippen molar-refractivity contribution in [2.45, 2.75) is 66.2 Å². The van der Waals surface area contributed by atoms with E-state index >= 15 is 0 Å². The first-order chi connectivity index (χ1) is 33.0. The number of ether oxygens (including phenoxy) is 4. The second-order valence-electron chi connectivity index (χ2n) is 16.9. The van der Waals surface area contributed by atoms with E-state index in [0.717, 1.165) is 42.4 Å². The molecule has 0 atom stereocenters. The van der Waals surface area contributed by atoms with Gasteiger partial charge in [-0.1, -0.05) is 136 Å². The van der Waals surface area contributed by atoms with Crippen LogP contribution in [0.4, 0.5) is 4.39 Å². The van der Waals surface area contributed by atoms with Crippen molar-refractivity contribution in [1.82, 2.24) is 0 Å². The van der Waals surface area contributed by atoms with Gasteiger partial charge >= 0.3 is 23.9 Å². The topological polar surface area (TPSA) is 105 Å². The van der Waals surface area contributed by atoms with Crippen LogP contribution in [0.5, 0.6) is 11.5 Å². The predicted octanol–water partition coefficient (Wildman–Crippen LogP) is 12.7. The maximum atomic E-state index is 14.8. The molecule has 0 unspecified atom stereocenters. The molecule has 8 nitrogen and oxygen atoms in total. The van der Waals surface area contributed by atoms with Crippen LogP contribution in [0, 0.1) is 5.82 Å². The molecular weight excluding hydrogens is 868 g/mol. The molecule has 354 valence electrons.